The molecule has 3 heteroatoms. The summed E-state index contributed by atoms with van der Waals surface area (Å²) in [5.41, 5.74) is 1.27. The van der Waals surface area contributed by atoms with Crippen LogP contribution in [0.15, 0.2) is 24.5 Å². The van der Waals surface area contributed by atoms with Crippen LogP contribution in [0.1, 0.15) is 55.3 Å². The highest BCUT2D eigenvalue weighted by Crippen LogP contribution is 2.61. The lowest BCUT2D eigenvalue weighted by Gasteiger charge is -2.57. The van der Waals surface area contributed by atoms with E-state index in [9.17, 15) is 4.79 Å². The molecule has 0 radical (unpaired) electrons. The standard InChI is InChI=1S/C18H24N2O/c21-17(16-1-4-19-5-2-16)20-6-3-18-10-13-7-14(11-18)9-15(8-13)12-18/h1-2,4-5,13-15H,3,6-12H2,(H,20,21). The van der Waals surface area contributed by atoms with Crippen molar-refractivity contribution in [3.63, 3.8) is 0 Å². The molecule has 0 aliphatic heterocycles. The molecule has 4 aliphatic rings. The summed E-state index contributed by atoms with van der Waals surface area (Å²) in [6.45, 7) is 0.827. The van der Waals surface area contributed by atoms with Crippen molar-refractivity contribution < 1.29 is 4.79 Å². The molecular formula is C18H24N2O. The molecule has 1 amide bonds. The number of rotatable bonds is 4. The lowest BCUT2D eigenvalue weighted by atomic mass is 9.49. The molecule has 0 spiro atoms. The molecule has 0 aromatic carbocycles. The number of carbonyl (C=O) groups is 1. The van der Waals surface area contributed by atoms with Crippen LogP contribution in [0.25, 0.3) is 0 Å². The number of hydrogen-bond donors (Lipinski definition) is 1. The summed E-state index contributed by atoms with van der Waals surface area (Å²) in [7, 11) is 0. The number of nitrogens with one attached hydrogen (secondary N) is 1. The van der Waals surface area contributed by atoms with Gasteiger partial charge in [0.1, 0.15) is 0 Å². The minimum Gasteiger partial charge on any atom is -0.352 e. The van der Waals surface area contributed by atoms with Crippen molar-refractivity contribution in [1.29, 1.82) is 0 Å². The molecule has 1 heterocycles. The summed E-state index contributed by atoms with van der Waals surface area (Å²) in [6.07, 6.45) is 13.3. The second-order valence-corrected chi connectivity index (χ2v) is 7.66. The third-order valence-corrected chi connectivity index (χ3v) is 6.05. The summed E-state index contributed by atoms with van der Waals surface area (Å²) < 4.78 is 0. The second kappa shape index (κ2) is 5.11. The zero-order chi connectivity index (χ0) is 14.3. The van der Waals surface area contributed by atoms with Gasteiger partial charge in [-0.05, 0) is 80.2 Å². The molecule has 1 aromatic rings. The van der Waals surface area contributed by atoms with Crippen LogP contribution in [-0.2, 0) is 0 Å². The highest BCUT2D eigenvalue weighted by Gasteiger charge is 2.50. The van der Waals surface area contributed by atoms with Crippen molar-refractivity contribution >= 4 is 5.91 Å². The van der Waals surface area contributed by atoms with Crippen molar-refractivity contribution in [2.75, 3.05) is 6.54 Å². The van der Waals surface area contributed by atoms with Crippen molar-refractivity contribution in [3.8, 4) is 0 Å². The molecule has 4 saturated carbocycles. The van der Waals surface area contributed by atoms with Crippen LogP contribution in [-0.4, -0.2) is 17.4 Å². The smallest absolute Gasteiger partial charge is 0.251 e. The van der Waals surface area contributed by atoms with Crippen LogP contribution >= 0.6 is 0 Å². The molecule has 112 valence electrons. The summed E-state index contributed by atoms with van der Waals surface area (Å²) in [5, 5.41) is 3.11. The predicted octanol–water partition coefficient (Wildman–Crippen LogP) is 3.42. The molecule has 0 unspecified atom stereocenters. The minimum absolute atomic E-state index is 0.0436. The maximum Gasteiger partial charge on any atom is 0.251 e. The van der Waals surface area contributed by atoms with Gasteiger partial charge in [-0.25, -0.2) is 0 Å². The van der Waals surface area contributed by atoms with Gasteiger partial charge in [-0.3, -0.25) is 9.78 Å². The Morgan fingerprint density at radius 2 is 1.67 bits per heavy atom. The highest BCUT2D eigenvalue weighted by atomic mass is 16.1. The van der Waals surface area contributed by atoms with E-state index in [1.54, 1.807) is 24.5 Å². The van der Waals surface area contributed by atoms with Crippen LogP contribution in [0.4, 0.5) is 0 Å². The summed E-state index contributed by atoms with van der Waals surface area (Å²) in [6, 6.07) is 3.56. The number of amides is 1. The van der Waals surface area contributed by atoms with Crippen LogP contribution < -0.4 is 5.32 Å². The minimum atomic E-state index is 0.0436. The Morgan fingerprint density at radius 3 is 2.24 bits per heavy atom. The molecule has 1 aromatic heterocycles. The lowest BCUT2D eigenvalue weighted by molar-refractivity contribution is -0.0564. The first-order valence-corrected chi connectivity index (χ1v) is 8.41. The largest absolute Gasteiger partial charge is 0.352 e. The van der Waals surface area contributed by atoms with Gasteiger partial charge in [0.15, 0.2) is 0 Å². The van der Waals surface area contributed by atoms with E-state index in [0.29, 0.717) is 5.41 Å². The Hall–Kier alpha value is -1.38. The fourth-order valence-electron chi connectivity index (χ4n) is 5.64. The zero-order valence-electron chi connectivity index (χ0n) is 12.6. The van der Waals surface area contributed by atoms with Crippen molar-refractivity contribution in [2.24, 2.45) is 23.2 Å². The molecule has 4 aliphatic carbocycles. The van der Waals surface area contributed by atoms with Gasteiger partial charge in [0.2, 0.25) is 0 Å². The molecule has 3 nitrogen and oxygen atoms in total. The number of nitrogens with zero attached hydrogens (tertiary/aromatic N) is 1. The third kappa shape index (κ3) is 2.58. The normalized spacial score (nSPS) is 36.7. The molecule has 4 bridgehead atoms. The van der Waals surface area contributed by atoms with Gasteiger partial charge in [-0.1, -0.05) is 0 Å². The summed E-state index contributed by atoms with van der Waals surface area (Å²) in [5.74, 6) is 3.02. The van der Waals surface area contributed by atoms with Gasteiger partial charge in [0, 0.05) is 24.5 Å². The van der Waals surface area contributed by atoms with E-state index in [4.69, 9.17) is 0 Å². The van der Waals surface area contributed by atoms with E-state index in [1.807, 2.05) is 0 Å². The van der Waals surface area contributed by atoms with Crippen LogP contribution in [0.2, 0.25) is 0 Å². The summed E-state index contributed by atoms with van der Waals surface area (Å²) >= 11 is 0. The third-order valence-electron chi connectivity index (χ3n) is 6.05. The number of carbonyl (C=O) groups excluding carboxylic acids is 1. The Balaban J connectivity index is 1.34. The van der Waals surface area contributed by atoms with E-state index in [0.717, 1.165) is 29.9 Å². The first kappa shape index (κ1) is 13.3. The van der Waals surface area contributed by atoms with Crippen LogP contribution in [0.5, 0.6) is 0 Å². The Labute approximate surface area is 126 Å². The van der Waals surface area contributed by atoms with E-state index in [2.05, 4.69) is 10.3 Å². The predicted molar refractivity (Wildman–Crippen MR) is 81.8 cm³/mol. The summed E-state index contributed by atoms with van der Waals surface area (Å²) in [4.78, 5) is 16.0. The second-order valence-electron chi connectivity index (χ2n) is 7.66. The molecule has 5 rings (SSSR count). The quantitative estimate of drug-likeness (QED) is 0.920. The maximum absolute atomic E-state index is 12.1. The van der Waals surface area contributed by atoms with Gasteiger partial charge < -0.3 is 5.32 Å². The lowest BCUT2D eigenvalue weighted by Crippen LogP contribution is -2.47. The monoisotopic (exact) mass is 284 g/mol. The Bertz CT molecular complexity index is 490. The average Bonchev–Trinajstić information content (AvgIpc) is 2.46. The Kier molecular flexibility index (Phi) is 3.24. The van der Waals surface area contributed by atoms with Crippen molar-refractivity contribution in [3.05, 3.63) is 30.1 Å². The molecule has 21 heavy (non-hydrogen) atoms. The number of aromatic nitrogens is 1. The molecule has 0 atom stereocenters. The topological polar surface area (TPSA) is 42.0 Å². The van der Waals surface area contributed by atoms with E-state index >= 15 is 0 Å². The molecule has 4 fully saturated rings. The first-order valence-electron chi connectivity index (χ1n) is 8.41. The zero-order valence-corrected chi connectivity index (χ0v) is 12.6. The van der Waals surface area contributed by atoms with Crippen molar-refractivity contribution in [2.45, 2.75) is 44.9 Å². The fourth-order valence-corrected chi connectivity index (χ4v) is 5.64. The SMILES string of the molecule is O=C(NCCC12CC3CC(CC(C3)C1)C2)c1ccncc1. The van der Waals surface area contributed by atoms with Gasteiger partial charge >= 0.3 is 0 Å². The van der Waals surface area contributed by atoms with Gasteiger partial charge in [-0.2, -0.15) is 0 Å². The number of hydrogen-bond acceptors (Lipinski definition) is 2. The van der Waals surface area contributed by atoms with Gasteiger partial charge in [0.25, 0.3) is 5.91 Å². The van der Waals surface area contributed by atoms with E-state index in [-0.39, 0.29) is 5.91 Å². The van der Waals surface area contributed by atoms with Gasteiger partial charge in [0.05, 0.1) is 0 Å². The van der Waals surface area contributed by atoms with Crippen LogP contribution in [0.3, 0.4) is 0 Å². The molecule has 0 saturated heterocycles. The van der Waals surface area contributed by atoms with E-state index < -0.39 is 0 Å². The maximum atomic E-state index is 12.1. The number of pyridine rings is 1. The Morgan fingerprint density at radius 1 is 1.10 bits per heavy atom. The average molecular weight is 284 g/mol. The first-order chi connectivity index (χ1) is 10.2. The molecular weight excluding hydrogens is 260 g/mol. The van der Waals surface area contributed by atoms with Crippen LogP contribution in [0, 0.1) is 23.2 Å². The highest BCUT2D eigenvalue weighted by molar-refractivity contribution is 5.93. The van der Waals surface area contributed by atoms with Gasteiger partial charge in [-0.15, -0.1) is 0 Å². The fraction of sp³-hybridized carbons (Fsp3) is 0.667. The van der Waals surface area contributed by atoms with Crippen molar-refractivity contribution in [1.82, 2.24) is 10.3 Å². The molecule has 1 N–H and O–H groups in total. The van der Waals surface area contributed by atoms with E-state index in [1.165, 1.54) is 44.9 Å².